The number of amides is 1. The van der Waals surface area contributed by atoms with E-state index in [9.17, 15) is 18.0 Å². The zero-order valence-corrected chi connectivity index (χ0v) is 20.1. The smallest absolute Gasteiger partial charge is 0.338 e. The number of esters is 1. The molecule has 3 rings (SSSR count). The lowest BCUT2D eigenvalue weighted by Crippen LogP contribution is -2.41. The molecule has 1 saturated heterocycles. The summed E-state index contributed by atoms with van der Waals surface area (Å²) < 4.78 is 38.4. The van der Waals surface area contributed by atoms with Crippen molar-refractivity contribution in [3.8, 4) is 0 Å². The number of rotatable bonds is 8. The Kier molecular flexibility index (Phi) is 8.55. The van der Waals surface area contributed by atoms with E-state index in [1.54, 1.807) is 11.9 Å². The van der Waals surface area contributed by atoms with Crippen LogP contribution in [-0.4, -0.2) is 64.1 Å². The van der Waals surface area contributed by atoms with Crippen LogP contribution in [0.25, 0.3) is 0 Å². The number of nitrogens with one attached hydrogen (secondary N) is 1. The van der Waals surface area contributed by atoms with Gasteiger partial charge in [-0.25, -0.2) is 17.9 Å². The summed E-state index contributed by atoms with van der Waals surface area (Å²) in [5, 5.41) is -0.0104. The van der Waals surface area contributed by atoms with Gasteiger partial charge in [0, 0.05) is 26.2 Å². The maximum Gasteiger partial charge on any atom is 0.338 e. The van der Waals surface area contributed by atoms with E-state index >= 15 is 0 Å². The highest BCUT2D eigenvalue weighted by atomic mass is 35.5. The first kappa shape index (κ1) is 25.0. The van der Waals surface area contributed by atoms with Crippen molar-refractivity contribution in [2.75, 3.05) is 26.8 Å². The summed E-state index contributed by atoms with van der Waals surface area (Å²) in [5.41, 5.74) is 0.00818. The highest BCUT2D eigenvalue weighted by Crippen LogP contribution is 2.27. The van der Waals surface area contributed by atoms with E-state index in [1.807, 2.05) is 0 Å². The second kappa shape index (κ2) is 11.0. The molecule has 1 aromatic rings. The number of hydrogen-bond acceptors (Lipinski definition) is 6. The first-order chi connectivity index (χ1) is 15.2. The molecule has 1 heterocycles. The molecule has 1 N–H and O–H groups in total. The van der Waals surface area contributed by atoms with Crippen LogP contribution >= 0.6 is 11.6 Å². The molecule has 0 spiro atoms. The first-order valence-corrected chi connectivity index (χ1v) is 12.9. The van der Waals surface area contributed by atoms with Crippen LogP contribution in [0.15, 0.2) is 23.1 Å². The molecule has 8 nitrogen and oxygen atoms in total. The van der Waals surface area contributed by atoms with Gasteiger partial charge in [-0.15, -0.1) is 0 Å². The molecular formula is C22H31ClN2O6S. The highest BCUT2D eigenvalue weighted by molar-refractivity contribution is 7.89. The minimum absolute atomic E-state index is 0.00818. The fourth-order valence-electron chi connectivity index (χ4n) is 4.07. The summed E-state index contributed by atoms with van der Waals surface area (Å²) >= 11 is 6.08. The number of ether oxygens (including phenoxy) is 2. The van der Waals surface area contributed by atoms with Crippen molar-refractivity contribution >= 4 is 33.5 Å². The van der Waals surface area contributed by atoms with Crippen molar-refractivity contribution in [2.24, 2.45) is 5.92 Å². The van der Waals surface area contributed by atoms with Crippen molar-refractivity contribution in [1.29, 1.82) is 0 Å². The van der Waals surface area contributed by atoms with Crippen molar-refractivity contribution in [3.63, 3.8) is 0 Å². The lowest BCUT2D eigenvalue weighted by atomic mass is 9.87. The molecule has 2 fully saturated rings. The Morgan fingerprint density at radius 3 is 2.59 bits per heavy atom. The Morgan fingerprint density at radius 2 is 1.94 bits per heavy atom. The zero-order valence-electron chi connectivity index (χ0n) is 18.5. The number of sulfonamides is 1. The van der Waals surface area contributed by atoms with Crippen LogP contribution in [-0.2, 0) is 24.3 Å². The van der Waals surface area contributed by atoms with Crippen LogP contribution in [0.4, 0.5) is 0 Å². The second-order valence-corrected chi connectivity index (χ2v) is 10.8. The van der Waals surface area contributed by atoms with Crippen molar-refractivity contribution in [2.45, 2.75) is 62.5 Å². The van der Waals surface area contributed by atoms with E-state index < -0.39 is 22.6 Å². The Morgan fingerprint density at radius 1 is 1.22 bits per heavy atom. The Labute approximate surface area is 194 Å². The van der Waals surface area contributed by atoms with Crippen LogP contribution in [0, 0.1) is 5.92 Å². The third kappa shape index (κ3) is 6.43. The molecular weight excluding hydrogens is 456 g/mol. The molecule has 1 aliphatic carbocycles. The zero-order chi connectivity index (χ0) is 23.3. The fourth-order valence-corrected chi connectivity index (χ4v) is 5.66. The molecule has 0 bridgehead atoms. The van der Waals surface area contributed by atoms with Crippen LogP contribution in [0.3, 0.4) is 0 Å². The standard InChI is InChI=1S/C22H31ClN2O6S/c1-15-5-8-17(9-6-15)25(2)21(26)14-31-22(27)16-7-10-19(23)20(12-16)32(28,29)24-13-18-4-3-11-30-18/h7,10,12,15,17-18,24H,3-6,8-9,11,13-14H2,1-2H3. The molecule has 1 aliphatic heterocycles. The van der Waals surface area contributed by atoms with Gasteiger partial charge in [-0.3, -0.25) is 4.79 Å². The van der Waals surface area contributed by atoms with E-state index in [1.165, 1.54) is 18.2 Å². The molecule has 32 heavy (non-hydrogen) atoms. The SMILES string of the molecule is CC1CCC(N(C)C(=O)COC(=O)c2ccc(Cl)c(S(=O)(=O)NCC3CCCO3)c2)CC1. The molecule has 10 heteroatoms. The predicted molar refractivity (Wildman–Crippen MR) is 120 cm³/mol. The molecule has 1 amide bonds. The van der Waals surface area contributed by atoms with Crippen LogP contribution in [0.2, 0.25) is 5.02 Å². The Hall–Kier alpha value is -1.68. The van der Waals surface area contributed by atoms with Crippen molar-refractivity contribution < 1.29 is 27.5 Å². The topological polar surface area (TPSA) is 102 Å². The van der Waals surface area contributed by atoms with Gasteiger partial charge in [0.05, 0.1) is 16.7 Å². The number of benzene rings is 1. The lowest BCUT2D eigenvalue weighted by molar-refractivity contribution is -0.136. The molecule has 178 valence electrons. The molecule has 1 saturated carbocycles. The Bertz CT molecular complexity index is 924. The van der Waals surface area contributed by atoms with Gasteiger partial charge >= 0.3 is 5.97 Å². The number of nitrogens with zero attached hydrogens (tertiary/aromatic N) is 1. The van der Waals surface area contributed by atoms with E-state index in [0.717, 1.165) is 38.5 Å². The number of hydrogen-bond donors (Lipinski definition) is 1. The number of halogens is 1. The number of carbonyl (C=O) groups is 2. The third-order valence-corrected chi connectivity index (χ3v) is 8.14. The van der Waals surface area contributed by atoms with Gasteiger partial charge in [0.1, 0.15) is 4.90 Å². The summed E-state index contributed by atoms with van der Waals surface area (Å²) in [6.07, 6.45) is 5.53. The minimum Gasteiger partial charge on any atom is -0.452 e. The van der Waals surface area contributed by atoms with E-state index in [2.05, 4.69) is 11.6 Å². The minimum atomic E-state index is -3.94. The average molecular weight is 487 g/mol. The molecule has 1 atom stereocenters. The summed E-state index contributed by atoms with van der Waals surface area (Å²) in [4.78, 5) is 26.4. The van der Waals surface area contributed by atoms with Crippen molar-refractivity contribution in [3.05, 3.63) is 28.8 Å². The van der Waals surface area contributed by atoms with Crippen LogP contribution in [0.1, 0.15) is 55.8 Å². The predicted octanol–water partition coefficient (Wildman–Crippen LogP) is 2.99. The molecule has 1 unspecified atom stereocenters. The van der Waals surface area contributed by atoms with Crippen LogP contribution < -0.4 is 4.72 Å². The number of likely N-dealkylation sites (N-methyl/N-ethyl adjacent to an activating group) is 1. The van der Waals surface area contributed by atoms with Gasteiger partial charge in [0.25, 0.3) is 5.91 Å². The lowest BCUT2D eigenvalue weighted by Gasteiger charge is -2.33. The van der Waals surface area contributed by atoms with Gasteiger partial charge < -0.3 is 14.4 Å². The monoisotopic (exact) mass is 486 g/mol. The number of carbonyl (C=O) groups excluding carboxylic acids is 2. The second-order valence-electron chi connectivity index (χ2n) is 8.63. The maximum atomic E-state index is 12.7. The maximum absolute atomic E-state index is 12.7. The molecule has 1 aromatic carbocycles. The van der Waals surface area contributed by atoms with Crippen molar-refractivity contribution in [1.82, 2.24) is 9.62 Å². The van der Waals surface area contributed by atoms with Gasteiger partial charge in [0.15, 0.2) is 6.61 Å². The molecule has 2 aliphatic rings. The van der Waals surface area contributed by atoms with Gasteiger partial charge in [0.2, 0.25) is 10.0 Å². The average Bonchev–Trinajstić information content (AvgIpc) is 3.30. The normalized spacial score (nSPS) is 23.7. The summed E-state index contributed by atoms with van der Waals surface area (Å²) in [6, 6.07) is 4.02. The first-order valence-electron chi connectivity index (χ1n) is 11.0. The van der Waals surface area contributed by atoms with Crippen LogP contribution in [0.5, 0.6) is 0 Å². The highest BCUT2D eigenvalue weighted by Gasteiger charge is 2.26. The van der Waals surface area contributed by atoms with E-state index in [4.69, 9.17) is 21.1 Å². The van der Waals surface area contributed by atoms with Gasteiger partial charge in [-0.1, -0.05) is 18.5 Å². The Balaban J connectivity index is 1.58. The molecule has 0 aromatic heterocycles. The summed E-state index contributed by atoms with van der Waals surface area (Å²) in [6.45, 7) is 2.55. The van der Waals surface area contributed by atoms with Gasteiger partial charge in [-0.05, 0) is 62.6 Å². The van der Waals surface area contributed by atoms with E-state index in [-0.39, 0.29) is 40.1 Å². The fraction of sp³-hybridized carbons (Fsp3) is 0.636. The third-order valence-electron chi connectivity index (χ3n) is 6.23. The quantitative estimate of drug-likeness (QED) is 0.567. The molecule has 0 radical (unpaired) electrons. The summed E-state index contributed by atoms with van der Waals surface area (Å²) in [7, 11) is -2.22. The largest absolute Gasteiger partial charge is 0.452 e. The van der Waals surface area contributed by atoms with E-state index in [0.29, 0.717) is 12.5 Å². The summed E-state index contributed by atoms with van der Waals surface area (Å²) in [5.74, 6) is -0.391. The van der Waals surface area contributed by atoms with Gasteiger partial charge in [-0.2, -0.15) is 0 Å².